The fraction of sp³-hybridized carbons (Fsp3) is 0.282. The van der Waals surface area contributed by atoms with Crippen LogP contribution in [0.4, 0.5) is 23.0 Å². The minimum atomic E-state index is -0.410. The molecule has 2 aliphatic rings. The monoisotopic (exact) mass is 778 g/mol. The molecule has 230 valence electrons. The Morgan fingerprint density at radius 2 is 1.40 bits per heavy atom. The Labute approximate surface area is 288 Å². The molecule has 2 aliphatic heterocycles. The zero-order valence-electron chi connectivity index (χ0n) is 31.0. The predicted octanol–water partition coefficient (Wildman–Crippen LogP) is 9.31. The maximum Gasteiger partial charge on any atom is 2.00 e. The van der Waals surface area contributed by atoms with Crippen molar-refractivity contribution in [1.29, 1.82) is 0 Å². The summed E-state index contributed by atoms with van der Waals surface area (Å²) >= 11 is 0. The van der Waals surface area contributed by atoms with Crippen LogP contribution in [0.25, 0.3) is 11.1 Å². The average Bonchev–Trinajstić information content (AvgIpc) is 3.09. The number of aryl methyl sites for hydroxylation is 3. The van der Waals surface area contributed by atoms with Gasteiger partial charge in [0.05, 0.1) is 6.85 Å². The van der Waals surface area contributed by atoms with Crippen molar-refractivity contribution in [2.45, 2.75) is 58.8 Å². The quantitative estimate of drug-likeness (QED) is 0.167. The first-order chi connectivity index (χ1) is 23.4. The summed E-state index contributed by atoms with van der Waals surface area (Å²) in [5.74, 6) is 2.79. The zero-order chi connectivity index (χ0) is 34.6. The SMILES string of the molecule is [2H]c1c([2H])c([2H])c(-c2cnc(N3CCCc4ccc(Oc5[c-]c6c(cc5)CCCN6c5cc(C(C)(C)C)ccn5)[c-]c43)cc2C)c([2H])c1[2H].[Pt+2]. The number of pyridine rings is 2. The van der Waals surface area contributed by atoms with Crippen molar-refractivity contribution in [1.82, 2.24) is 9.97 Å². The van der Waals surface area contributed by atoms with Gasteiger partial charge in [-0.3, -0.25) is 0 Å². The second-order valence-corrected chi connectivity index (χ2v) is 12.5. The minimum Gasteiger partial charge on any atom is -0.509 e. The number of anilines is 4. The van der Waals surface area contributed by atoms with E-state index in [1.807, 2.05) is 31.3 Å². The van der Waals surface area contributed by atoms with Gasteiger partial charge in [-0.25, -0.2) is 9.97 Å². The Morgan fingerprint density at radius 3 is 1.98 bits per heavy atom. The molecule has 0 radical (unpaired) electrons. The van der Waals surface area contributed by atoms with Crippen LogP contribution in [0, 0.1) is 19.1 Å². The number of hydrogen-bond donors (Lipinski definition) is 0. The van der Waals surface area contributed by atoms with Crippen molar-refractivity contribution >= 4 is 23.0 Å². The van der Waals surface area contributed by atoms with Gasteiger partial charge < -0.3 is 14.5 Å². The van der Waals surface area contributed by atoms with Gasteiger partial charge >= 0.3 is 21.1 Å². The van der Waals surface area contributed by atoms with E-state index in [0.717, 1.165) is 67.1 Å². The third kappa shape index (κ3) is 6.42. The zero-order valence-corrected chi connectivity index (χ0v) is 28.2. The van der Waals surface area contributed by atoms with Gasteiger partial charge in [-0.15, -0.1) is 35.4 Å². The summed E-state index contributed by atoms with van der Waals surface area (Å²) in [7, 11) is 0. The van der Waals surface area contributed by atoms with Gasteiger partial charge in [0.15, 0.2) is 0 Å². The molecular formula is C39H38N4OPt. The molecule has 0 N–H and O–H groups in total. The normalized spacial score (nSPS) is 15.9. The van der Waals surface area contributed by atoms with Crippen LogP contribution < -0.4 is 14.5 Å². The van der Waals surface area contributed by atoms with Gasteiger partial charge in [0.25, 0.3) is 0 Å². The first kappa shape index (κ1) is 25.3. The van der Waals surface area contributed by atoms with E-state index in [1.165, 1.54) is 11.1 Å². The Bertz CT molecular complexity index is 2070. The topological polar surface area (TPSA) is 41.5 Å². The van der Waals surface area contributed by atoms with Gasteiger partial charge in [-0.05, 0) is 60.1 Å². The Morgan fingerprint density at radius 1 is 0.800 bits per heavy atom. The molecule has 0 amide bonds. The van der Waals surface area contributed by atoms with Crippen molar-refractivity contribution in [2.24, 2.45) is 0 Å². The Hall–Kier alpha value is -3.95. The number of fused-ring (bicyclic) bond motifs is 2. The summed E-state index contributed by atoms with van der Waals surface area (Å²) in [6, 6.07) is 19.7. The summed E-state index contributed by atoms with van der Waals surface area (Å²) in [4.78, 5) is 13.8. The fourth-order valence-electron chi connectivity index (χ4n) is 6.02. The third-order valence-corrected chi connectivity index (χ3v) is 8.41. The molecule has 0 spiro atoms. The number of ether oxygens (including phenoxy) is 1. The second kappa shape index (κ2) is 12.8. The standard InChI is InChI=1S/C39H38N4O.Pt/c1-27-22-37(41-26-34(27)28-10-6-5-7-11-28)42-20-8-12-29-14-16-32(24-35(29)42)44-33-17-15-30-13-9-21-43(36(30)25-33)38-23-31(18-19-40-38)39(2,3)4;/h5-7,10-11,14-19,22-23,26H,8-9,12-13,20-21H2,1-4H3;/q-2;+2/i5D,6D,7D,10D,11D;. The van der Waals surface area contributed by atoms with Crippen LogP contribution >= 0.6 is 0 Å². The molecular weight excluding hydrogens is 736 g/mol. The molecule has 2 aromatic heterocycles. The predicted molar refractivity (Wildman–Crippen MR) is 179 cm³/mol. The summed E-state index contributed by atoms with van der Waals surface area (Å²) in [6.07, 6.45) is 7.34. The number of hydrogen-bond acceptors (Lipinski definition) is 5. The summed E-state index contributed by atoms with van der Waals surface area (Å²) < 4.78 is 47.4. The average molecular weight is 779 g/mol. The number of benzene rings is 3. The van der Waals surface area contributed by atoms with E-state index in [2.05, 4.69) is 67.0 Å². The molecule has 6 heteroatoms. The summed E-state index contributed by atoms with van der Waals surface area (Å²) in [6.45, 7) is 10.1. The maximum atomic E-state index is 8.43. The molecule has 0 saturated heterocycles. The largest absolute Gasteiger partial charge is 2.00 e. The maximum absolute atomic E-state index is 8.43. The van der Waals surface area contributed by atoms with Crippen molar-refractivity contribution in [3.05, 3.63) is 119 Å². The Balaban J connectivity index is 0.00000432. The molecule has 45 heavy (non-hydrogen) atoms. The van der Waals surface area contributed by atoms with E-state index in [1.54, 1.807) is 6.20 Å². The van der Waals surface area contributed by atoms with Gasteiger partial charge in [0, 0.05) is 42.5 Å². The van der Waals surface area contributed by atoms with Crippen molar-refractivity contribution in [2.75, 3.05) is 22.9 Å². The van der Waals surface area contributed by atoms with Crippen molar-refractivity contribution < 1.29 is 32.7 Å². The molecule has 5 nitrogen and oxygen atoms in total. The van der Waals surface area contributed by atoms with Gasteiger partial charge in [-0.2, -0.15) is 12.1 Å². The third-order valence-electron chi connectivity index (χ3n) is 8.41. The first-order valence-electron chi connectivity index (χ1n) is 17.7. The summed E-state index contributed by atoms with van der Waals surface area (Å²) in [5, 5.41) is 0. The van der Waals surface area contributed by atoms with E-state index in [4.69, 9.17) is 21.6 Å². The van der Waals surface area contributed by atoms with E-state index >= 15 is 0 Å². The molecule has 4 heterocycles. The number of aromatic nitrogens is 2. The van der Waals surface area contributed by atoms with Crippen LogP contribution in [0.15, 0.2) is 85.1 Å². The van der Waals surface area contributed by atoms with Crippen molar-refractivity contribution in [3.8, 4) is 22.6 Å². The van der Waals surface area contributed by atoms with Gasteiger partial charge in [0.2, 0.25) is 0 Å². The molecule has 0 fully saturated rings. The van der Waals surface area contributed by atoms with Gasteiger partial charge in [0.1, 0.15) is 11.6 Å². The second-order valence-electron chi connectivity index (χ2n) is 12.5. The Kier molecular flexibility index (Phi) is 7.19. The molecule has 0 saturated carbocycles. The van der Waals surface area contributed by atoms with Crippen LogP contribution in [0.2, 0.25) is 0 Å². The smallest absolute Gasteiger partial charge is 0.509 e. The van der Waals surface area contributed by atoms with E-state index < -0.39 is 6.04 Å². The fourth-order valence-corrected chi connectivity index (χ4v) is 6.02. The molecule has 5 aromatic rings. The van der Waals surface area contributed by atoms with Gasteiger partial charge in [-0.1, -0.05) is 75.2 Å². The van der Waals surface area contributed by atoms with Crippen molar-refractivity contribution in [3.63, 3.8) is 0 Å². The van der Waals surface area contributed by atoms with Crippen LogP contribution in [-0.2, 0) is 39.3 Å². The molecule has 0 aliphatic carbocycles. The molecule has 0 unspecified atom stereocenters. The first-order valence-corrected chi connectivity index (χ1v) is 15.2. The van der Waals surface area contributed by atoms with E-state index in [0.29, 0.717) is 22.9 Å². The van der Waals surface area contributed by atoms with E-state index in [-0.39, 0.29) is 56.2 Å². The molecule has 7 rings (SSSR count). The van der Waals surface area contributed by atoms with Crippen LogP contribution in [0.1, 0.15) is 62.7 Å². The number of rotatable bonds is 5. The van der Waals surface area contributed by atoms with Crippen LogP contribution in [0.5, 0.6) is 11.5 Å². The number of nitrogens with zero attached hydrogens (tertiary/aromatic N) is 4. The molecule has 0 bridgehead atoms. The van der Waals surface area contributed by atoms with Crippen LogP contribution in [0.3, 0.4) is 0 Å². The minimum absolute atomic E-state index is 0. The summed E-state index contributed by atoms with van der Waals surface area (Å²) in [5.41, 5.74) is 6.90. The van der Waals surface area contributed by atoms with Crippen LogP contribution in [-0.4, -0.2) is 23.1 Å². The molecule has 0 atom stereocenters. The van der Waals surface area contributed by atoms with E-state index in [9.17, 15) is 0 Å². The molecule has 3 aromatic carbocycles.